The highest BCUT2D eigenvalue weighted by Crippen LogP contribution is 2.38. The molecule has 0 bridgehead atoms. The summed E-state index contributed by atoms with van der Waals surface area (Å²) in [6, 6.07) is 2.41. The van der Waals surface area contributed by atoms with Gasteiger partial charge in [0.25, 0.3) is 5.69 Å². The fourth-order valence-corrected chi connectivity index (χ4v) is 2.07. The van der Waals surface area contributed by atoms with E-state index in [1.165, 1.54) is 12.1 Å². The highest BCUT2D eigenvalue weighted by molar-refractivity contribution is 9.10. The summed E-state index contributed by atoms with van der Waals surface area (Å²) in [5, 5.41) is 11.1. The molecule has 1 rings (SSSR count). The van der Waals surface area contributed by atoms with Crippen LogP contribution in [-0.4, -0.2) is 50.7 Å². The third kappa shape index (κ3) is 5.09. The summed E-state index contributed by atoms with van der Waals surface area (Å²) in [5.41, 5.74) is 0.0467. The number of nitro groups is 1. The fraction of sp³-hybridized carbons (Fsp3) is 0.500. The summed E-state index contributed by atoms with van der Waals surface area (Å²) in [7, 11) is 5.40. The summed E-state index contributed by atoms with van der Waals surface area (Å²) in [5.74, 6) is -0.137. The van der Waals surface area contributed by atoms with E-state index in [-0.39, 0.29) is 21.6 Å². The fourth-order valence-electron chi connectivity index (χ4n) is 1.64. The van der Waals surface area contributed by atoms with Gasteiger partial charge < -0.3 is 14.5 Å². The summed E-state index contributed by atoms with van der Waals surface area (Å²) in [6.45, 7) is -1.83. The van der Waals surface area contributed by atoms with Crippen molar-refractivity contribution in [3.05, 3.63) is 26.7 Å². The molecule has 0 atom stereocenters. The van der Waals surface area contributed by atoms with Crippen LogP contribution in [0.2, 0.25) is 0 Å². The lowest BCUT2D eigenvalue weighted by Gasteiger charge is -2.22. The maximum atomic E-state index is 12.3. The molecule has 0 aliphatic carbocycles. The number of ether oxygens (including phenoxy) is 1. The molecular weight excluding hydrogens is 352 g/mol. The number of anilines is 1. The highest BCUT2D eigenvalue weighted by atomic mass is 79.9. The quantitative estimate of drug-likeness (QED) is 0.547. The van der Waals surface area contributed by atoms with Crippen molar-refractivity contribution in [1.82, 2.24) is 4.90 Å². The molecule has 6 nitrogen and oxygen atoms in total. The molecule has 0 radical (unpaired) electrons. The van der Waals surface area contributed by atoms with Crippen LogP contribution in [0.25, 0.3) is 0 Å². The third-order valence-electron chi connectivity index (χ3n) is 2.74. The summed E-state index contributed by atoms with van der Waals surface area (Å²) < 4.78 is 29.2. The van der Waals surface area contributed by atoms with Gasteiger partial charge in [-0.3, -0.25) is 10.1 Å². The van der Waals surface area contributed by atoms with Crippen molar-refractivity contribution in [2.45, 2.75) is 6.61 Å². The molecule has 0 saturated heterocycles. The molecule has 1 aromatic carbocycles. The Labute approximate surface area is 129 Å². The van der Waals surface area contributed by atoms with Gasteiger partial charge >= 0.3 is 6.61 Å². The van der Waals surface area contributed by atoms with E-state index in [1.807, 2.05) is 19.0 Å². The average Bonchev–Trinajstić information content (AvgIpc) is 2.37. The zero-order chi connectivity index (χ0) is 16.2. The van der Waals surface area contributed by atoms with Crippen LogP contribution in [0.3, 0.4) is 0 Å². The van der Waals surface area contributed by atoms with Crippen molar-refractivity contribution < 1.29 is 18.4 Å². The molecule has 0 aromatic heterocycles. The first-order chi connectivity index (χ1) is 9.72. The molecule has 0 unspecified atom stereocenters. The van der Waals surface area contributed by atoms with E-state index in [9.17, 15) is 18.9 Å². The molecule has 0 aliphatic heterocycles. The Morgan fingerprint density at radius 2 is 1.95 bits per heavy atom. The molecule has 1 aromatic rings. The van der Waals surface area contributed by atoms with Gasteiger partial charge in [-0.15, -0.1) is 0 Å². The predicted octanol–water partition coefficient (Wildman–Crippen LogP) is 2.96. The minimum Gasteiger partial charge on any atom is -0.434 e. The number of nitrogens with zero attached hydrogens (tertiary/aromatic N) is 3. The molecule has 0 amide bonds. The molecule has 0 saturated carbocycles. The standard InChI is InChI=1S/C12H16BrF2N3O3/c1-16(2)4-5-17(3)9-7-11(21-12(14)15)8(13)6-10(9)18(19)20/h6-7,12H,4-5H2,1-3H3. The summed E-state index contributed by atoms with van der Waals surface area (Å²) in [6.07, 6.45) is 0. The predicted molar refractivity (Wildman–Crippen MR) is 79.3 cm³/mol. The molecular formula is C12H16BrF2N3O3. The number of rotatable bonds is 7. The van der Waals surface area contributed by atoms with E-state index in [4.69, 9.17) is 0 Å². The van der Waals surface area contributed by atoms with Crippen LogP contribution in [-0.2, 0) is 0 Å². The Hall–Kier alpha value is -1.48. The van der Waals surface area contributed by atoms with Gasteiger partial charge in [-0.2, -0.15) is 8.78 Å². The molecule has 0 aliphatic rings. The Morgan fingerprint density at radius 1 is 1.33 bits per heavy atom. The van der Waals surface area contributed by atoms with Crippen LogP contribution < -0.4 is 9.64 Å². The van der Waals surface area contributed by atoms with Crippen molar-refractivity contribution in [2.24, 2.45) is 0 Å². The number of likely N-dealkylation sites (N-methyl/N-ethyl adjacent to an activating group) is 2. The lowest BCUT2D eigenvalue weighted by Crippen LogP contribution is -2.29. The zero-order valence-corrected chi connectivity index (χ0v) is 13.4. The van der Waals surface area contributed by atoms with E-state index >= 15 is 0 Å². The largest absolute Gasteiger partial charge is 0.434 e. The normalized spacial score (nSPS) is 11.0. The van der Waals surface area contributed by atoms with Crippen molar-refractivity contribution >= 4 is 27.3 Å². The van der Waals surface area contributed by atoms with Gasteiger partial charge in [0.15, 0.2) is 0 Å². The minimum absolute atomic E-state index is 0.110. The second-order valence-electron chi connectivity index (χ2n) is 4.63. The molecule has 0 fully saturated rings. The first kappa shape index (κ1) is 17.6. The van der Waals surface area contributed by atoms with Gasteiger partial charge in [-0.25, -0.2) is 0 Å². The summed E-state index contributed by atoms with van der Waals surface area (Å²) >= 11 is 3.00. The maximum absolute atomic E-state index is 12.3. The lowest BCUT2D eigenvalue weighted by molar-refractivity contribution is -0.384. The highest BCUT2D eigenvalue weighted by Gasteiger charge is 2.22. The topological polar surface area (TPSA) is 58.8 Å². The molecule has 0 heterocycles. The van der Waals surface area contributed by atoms with Gasteiger partial charge in [-0.1, -0.05) is 0 Å². The van der Waals surface area contributed by atoms with E-state index in [0.717, 1.165) is 0 Å². The number of hydrogen-bond donors (Lipinski definition) is 0. The van der Waals surface area contributed by atoms with Crippen LogP contribution in [0.5, 0.6) is 5.75 Å². The SMILES string of the molecule is CN(C)CCN(C)c1cc(OC(F)F)c(Br)cc1[N+](=O)[O-]. The van der Waals surface area contributed by atoms with E-state index in [0.29, 0.717) is 13.1 Å². The first-order valence-electron chi connectivity index (χ1n) is 6.01. The van der Waals surface area contributed by atoms with Crippen molar-refractivity contribution in [3.63, 3.8) is 0 Å². The second-order valence-corrected chi connectivity index (χ2v) is 5.49. The van der Waals surface area contributed by atoms with Crippen LogP contribution >= 0.6 is 15.9 Å². The second kappa shape index (κ2) is 7.51. The van der Waals surface area contributed by atoms with E-state index in [2.05, 4.69) is 20.7 Å². The van der Waals surface area contributed by atoms with Gasteiger partial charge in [0.1, 0.15) is 11.4 Å². The van der Waals surface area contributed by atoms with Crippen LogP contribution in [0, 0.1) is 10.1 Å². The molecule has 9 heteroatoms. The molecule has 21 heavy (non-hydrogen) atoms. The van der Waals surface area contributed by atoms with Gasteiger partial charge in [-0.05, 0) is 30.0 Å². The lowest BCUT2D eigenvalue weighted by atomic mass is 10.2. The van der Waals surface area contributed by atoms with Gasteiger partial charge in [0, 0.05) is 32.3 Å². The Morgan fingerprint density at radius 3 is 2.43 bits per heavy atom. The number of alkyl halides is 2. The van der Waals surface area contributed by atoms with Crippen molar-refractivity contribution in [2.75, 3.05) is 39.1 Å². The van der Waals surface area contributed by atoms with Crippen LogP contribution in [0.15, 0.2) is 16.6 Å². The number of nitro benzene ring substituents is 1. The molecule has 0 spiro atoms. The Kier molecular flexibility index (Phi) is 6.28. The Balaban J connectivity index is 3.15. The number of benzene rings is 1. The monoisotopic (exact) mass is 367 g/mol. The third-order valence-corrected chi connectivity index (χ3v) is 3.36. The van der Waals surface area contributed by atoms with Crippen molar-refractivity contribution in [1.29, 1.82) is 0 Å². The van der Waals surface area contributed by atoms with Gasteiger partial charge in [0.05, 0.1) is 9.40 Å². The maximum Gasteiger partial charge on any atom is 0.387 e. The minimum atomic E-state index is -3.00. The Bertz CT molecular complexity index is 515. The summed E-state index contributed by atoms with van der Waals surface area (Å²) in [4.78, 5) is 14.1. The number of halogens is 3. The first-order valence-corrected chi connectivity index (χ1v) is 6.80. The van der Waals surface area contributed by atoms with Crippen LogP contribution in [0.4, 0.5) is 20.2 Å². The smallest absolute Gasteiger partial charge is 0.387 e. The van der Waals surface area contributed by atoms with E-state index < -0.39 is 11.5 Å². The molecule has 0 N–H and O–H groups in total. The molecule has 118 valence electrons. The van der Waals surface area contributed by atoms with E-state index in [1.54, 1.807) is 11.9 Å². The average molecular weight is 368 g/mol. The zero-order valence-electron chi connectivity index (χ0n) is 11.8. The van der Waals surface area contributed by atoms with Crippen LogP contribution in [0.1, 0.15) is 0 Å². The van der Waals surface area contributed by atoms with Crippen molar-refractivity contribution in [3.8, 4) is 5.75 Å². The number of hydrogen-bond acceptors (Lipinski definition) is 5. The van der Waals surface area contributed by atoms with Gasteiger partial charge in [0.2, 0.25) is 0 Å².